The van der Waals surface area contributed by atoms with E-state index >= 15 is 0 Å². The van der Waals surface area contributed by atoms with E-state index in [1.807, 2.05) is 6.07 Å². The van der Waals surface area contributed by atoms with Crippen molar-refractivity contribution in [1.29, 1.82) is 0 Å². The Hall–Kier alpha value is -0.930. The van der Waals surface area contributed by atoms with Gasteiger partial charge in [-0.2, -0.15) is 0 Å². The van der Waals surface area contributed by atoms with Crippen LogP contribution in [0.3, 0.4) is 0 Å². The summed E-state index contributed by atoms with van der Waals surface area (Å²) in [6, 6.07) is 9.54. The van der Waals surface area contributed by atoms with Gasteiger partial charge in [0, 0.05) is 24.2 Å². The van der Waals surface area contributed by atoms with E-state index < -0.39 is 0 Å². The molecule has 2 heterocycles. The standard InChI is InChI=1S/C18H27FN2/c1-13(9-14-5-3-6-15(19)10-14)20-16-11-17-7-4-8-18(12-16)21(17)2/h3,5-6,10,13,16-18,20H,4,7-9,11-12H2,1-2H3. The molecule has 116 valence electrons. The van der Waals surface area contributed by atoms with Gasteiger partial charge in [-0.3, -0.25) is 0 Å². The van der Waals surface area contributed by atoms with Gasteiger partial charge < -0.3 is 10.2 Å². The van der Waals surface area contributed by atoms with Crippen LogP contribution in [-0.4, -0.2) is 36.1 Å². The quantitative estimate of drug-likeness (QED) is 0.914. The molecule has 1 N–H and O–H groups in total. The minimum Gasteiger partial charge on any atom is -0.311 e. The highest BCUT2D eigenvalue weighted by molar-refractivity contribution is 5.17. The van der Waals surface area contributed by atoms with Crippen molar-refractivity contribution < 1.29 is 4.39 Å². The Bertz CT molecular complexity index is 462. The highest BCUT2D eigenvalue weighted by atomic mass is 19.1. The van der Waals surface area contributed by atoms with Crippen LogP contribution >= 0.6 is 0 Å². The Balaban J connectivity index is 1.54. The molecule has 3 rings (SSSR count). The summed E-state index contributed by atoms with van der Waals surface area (Å²) >= 11 is 0. The maximum atomic E-state index is 13.2. The van der Waals surface area contributed by atoms with Gasteiger partial charge in [0.1, 0.15) is 5.82 Å². The molecule has 0 aliphatic carbocycles. The fourth-order valence-corrected chi connectivity index (χ4v) is 4.23. The zero-order valence-corrected chi connectivity index (χ0v) is 13.2. The summed E-state index contributed by atoms with van der Waals surface area (Å²) in [6.07, 6.45) is 7.53. The molecule has 0 aromatic heterocycles. The SMILES string of the molecule is CC(Cc1cccc(F)c1)NC1CC2CCCC(C1)N2C. The Labute approximate surface area is 127 Å². The van der Waals surface area contributed by atoms with E-state index in [1.54, 1.807) is 12.1 Å². The molecule has 0 radical (unpaired) electrons. The van der Waals surface area contributed by atoms with Gasteiger partial charge in [0.15, 0.2) is 0 Å². The van der Waals surface area contributed by atoms with Crippen molar-refractivity contribution in [3.05, 3.63) is 35.6 Å². The second-order valence-corrected chi connectivity index (χ2v) is 6.97. The molecule has 2 fully saturated rings. The molecule has 2 saturated heterocycles. The largest absolute Gasteiger partial charge is 0.311 e. The first kappa shape index (κ1) is 15.0. The summed E-state index contributed by atoms with van der Waals surface area (Å²) in [5.41, 5.74) is 1.09. The number of hydrogen-bond donors (Lipinski definition) is 1. The first-order valence-electron chi connectivity index (χ1n) is 8.34. The second kappa shape index (κ2) is 6.45. The molecule has 3 heteroatoms. The molecule has 1 aromatic rings. The van der Waals surface area contributed by atoms with Crippen molar-refractivity contribution in [3.8, 4) is 0 Å². The molecule has 0 amide bonds. The van der Waals surface area contributed by atoms with Gasteiger partial charge in [0.25, 0.3) is 0 Å². The predicted octanol–water partition coefficient (Wildman–Crippen LogP) is 3.36. The van der Waals surface area contributed by atoms with Crippen LogP contribution in [0.25, 0.3) is 0 Å². The molecule has 0 saturated carbocycles. The zero-order valence-electron chi connectivity index (χ0n) is 13.2. The van der Waals surface area contributed by atoms with Gasteiger partial charge in [-0.15, -0.1) is 0 Å². The number of piperidine rings is 2. The number of nitrogens with one attached hydrogen (secondary N) is 1. The minimum atomic E-state index is -0.131. The summed E-state index contributed by atoms with van der Waals surface area (Å²) in [6.45, 7) is 2.22. The summed E-state index contributed by atoms with van der Waals surface area (Å²) in [5.74, 6) is -0.131. The third-order valence-electron chi connectivity index (χ3n) is 5.29. The Kier molecular flexibility index (Phi) is 4.60. The van der Waals surface area contributed by atoms with E-state index in [0.29, 0.717) is 12.1 Å². The van der Waals surface area contributed by atoms with E-state index in [9.17, 15) is 4.39 Å². The van der Waals surface area contributed by atoms with Crippen LogP contribution < -0.4 is 5.32 Å². The van der Waals surface area contributed by atoms with Crippen LogP contribution in [0.4, 0.5) is 4.39 Å². The third-order valence-corrected chi connectivity index (χ3v) is 5.29. The second-order valence-electron chi connectivity index (χ2n) is 6.97. The monoisotopic (exact) mass is 290 g/mol. The van der Waals surface area contributed by atoms with Gasteiger partial charge in [0.05, 0.1) is 0 Å². The van der Waals surface area contributed by atoms with Gasteiger partial charge in [-0.25, -0.2) is 4.39 Å². The normalized spacial score (nSPS) is 31.1. The van der Waals surface area contributed by atoms with Crippen LogP contribution in [0.5, 0.6) is 0 Å². The topological polar surface area (TPSA) is 15.3 Å². The lowest BCUT2D eigenvalue weighted by molar-refractivity contribution is 0.0463. The predicted molar refractivity (Wildman–Crippen MR) is 84.9 cm³/mol. The molecule has 2 bridgehead atoms. The van der Waals surface area contributed by atoms with Crippen LogP contribution in [0.2, 0.25) is 0 Å². The number of halogens is 1. The first-order chi connectivity index (χ1) is 10.1. The third kappa shape index (κ3) is 3.64. The van der Waals surface area contributed by atoms with Crippen molar-refractivity contribution in [3.63, 3.8) is 0 Å². The molecule has 3 atom stereocenters. The zero-order chi connectivity index (χ0) is 14.8. The van der Waals surface area contributed by atoms with E-state index in [0.717, 1.165) is 24.1 Å². The van der Waals surface area contributed by atoms with E-state index in [4.69, 9.17) is 0 Å². The van der Waals surface area contributed by atoms with Crippen molar-refractivity contribution >= 4 is 0 Å². The molecule has 2 aliphatic heterocycles. The smallest absolute Gasteiger partial charge is 0.123 e. The van der Waals surface area contributed by atoms with E-state index in [1.165, 1.54) is 38.2 Å². The minimum absolute atomic E-state index is 0.131. The maximum Gasteiger partial charge on any atom is 0.123 e. The molecular weight excluding hydrogens is 263 g/mol. The lowest BCUT2D eigenvalue weighted by Gasteiger charge is -2.47. The molecule has 2 aliphatic rings. The summed E-state index contributed by atoms with van der Waals surface area (Å²) < 4.78 is 13.2. The molecule has 3 unspecified atom stereocenters. The van der Waals surface area contributed by atoms with Crippen molar-refractivity contribution in [2.24, 2.45) is 0 Å². The number of nitrogens with zero attached hydrogens (tertiary/aromatic N) is 1. The first-order valence-corrected chi connectivity index (χ1v) is 8.34. The van der Waals surface area contributed by atoms with Crippen molar-refractivity contribution in [2.75, 3.05) is 7.05 Å². The van der Waals surface area contributed by atoms with Crippen molar-refractivity contribution in [1.82, 2.24) is 10.2 Å². The number of benzene rings is 1. The average molecular weight is 290 g/mol. The van der Waals surface area contributed by atoms with E-state index in [2.05, 4.69) is 24.2 Å². The van der Waals surface area contributed by atoms with Crippen LogP contribution in [0.1, 0.15) is 44.6 Å². The molecule has 2 nitrogen and oxygen atoms in total. The Morgan fingerprint density at radius 2 is 2.00 bits per heavy atom. The highest BCUT2D eigenvalue weighted by Crippen LogP contribution is 2.32. The van der Waals surface area contributed by atoms with Gasteiger partial charge in [-0.05, 0) is 63.8 Å². The fraction of sp³-hybridized carbons (Fsp3) is 0.667. The highest BCUT2D eigenvalue weighted by Gasteiger charge is 2.36. The van der Waals surface area contributed by atoms with Crippen molar-refractivity contribution in [2.45, 2.75) is 69.6 Å². The number of fused-ring (bicyclic) bond motifs is 2. The molecular formula is C18H27FN2. The molecule has 21 heavy (non-hydrogen) atoms. The van der Waals surface area contributed by atoms with Crippen LogP contribution in [0.15, 0.2) is 24.3 Å². The summed E-state index contributed by atoms with van der Waals surface area (Å²) in [7, 11) is 2.29. The molecule has 0 spiro atoms. The summed E-state index contributed by atoms with van der Waals surface area (Å²) in [5, 5.41) is 3.79. The van der Waals surface area contributed by atoms with Crippen LogP contribution in [-0.2, 0) is 6.42 Å². The molecule has 1 aromatic carbocycles. The maximum absolute atomic E-state index is 13.2. The Morgan fingerprint density at radius 3 is 2.67 bits per heavy atom. The average Bonchev–Trinajstić information content (AvgIpc) is 2.40. The van der Waals surface area contributed by atoms with Gasteiger partial charge >= 0.3 is 0 Å². The van der Waals surface area contributed by atoms with Crippen LogP contribution in [0, 0.1) is 5.82 Å². The van der Waals surface area contributed by atoms with E-state index in [-0.39, 0.29) is 5.82 Å². The number of rotatable bonds is 4. The fourth-order valence-electron chi connectivity index (χ4n) is 4.23. The van der Waals surface area contributed by atoms with Gasteiger partial charge in [0.2, 0.25) is 0 Å². The number of hydrogen-bond acceptors (Lipinski definition) is 2. The van der Waals surface area contributed by atoms with Gasteiger partial charge in [-0.1, -0.05) is 18.6 Å². The lowest BCUT2D eigenvalue weighted by atomic mass is 9.82. The Morgan fingerprint density at radius 1 is 1.29 bits per heavy atom. The lowest BCUT2D eigenvalue weighted by Crippen LogP contribution is -2.55. The summed E-state index contributed by atoms with van der Waals surface area (Å²) in [4.78, 5) is 2.60.